The highest BCUT2D eigenvalue weighted by molar-refractivity contribution is 5.84. The van der Waals surface area contributed by atoms with Gasteiger partial charge in [-0.2, -0.15) is 0 Å². The third-order valence-electron chi connectivity index (χ3n) is 3.36. The minimum atomic E-state index is -0.292. The van der Waals surface area contributed by atoms with Gasteiger partial charge in [-0.05, 0) is 11.1 Å². The van der Waals surface area contributed by atoms with Crippen LogP contribution in [0.4, 0.5) is 9.59 Å². The molecular weight excluding hydrogens is 280 g/mol. The van der Waals surface area contributed by atoms with E-state index in [-0.39, 0.29) is 24.4 Å². The van der Waals surface area contributed by atoms with Gasteiger partial charge in [-0.25, -0.2) is 9.59 Å². The molecule has 2 fully saturated rings. The third-order valence-corrected chi connectivity index (χ3v) is 3.36. The molecule has 0 unspecified atom stereocenters. The van der Waals surface area contributed by atoms with Crippen LogP contribution >= 0.6 is 0 Å². The molecule has 6 heteroatoms. The molecule has 22 heavy (non-hydrogen) atoms. The van der Waals surface area contributed by atoms with Gasteiger partial charge in [0.1, 0.15) is 12.3 Å². The molecule has 4 rings (SSSR count). The molecule has 6 nitrogen and oxygen atoms in total. The van der Waals surface area contributed by atoms with Crippen LogP contribution in [0.3, 0.4) is 0 Å². The first-order valence-electron chi connectivity index (χ1n) is 6.97. The Morgan fingerprint density at radius 3 is 1.18 bits per heavy atom. The SMILES string of the molecule is O=C1NC2NC(=O)NC2N1.c1ccc(-c2ccccc2)cc1. The lowest BCUT2D eigenvalue weighted by molar-refractivity contribution is 0.239. The van der Waals surface area contributed by atoms with E-state index in [4.69, 9.17) is 0 Å². The molecule has 112 valence electrons. The van der Waals surface area contributed by atoms with E-state index in [9.17, 15) is 9.59 Å². The van der Waals surface area contributed by atoms with E-state index in [0.717, 1.165) is 0 Å². The van der Waals surface area contributed by atoms with Crippen molar-refractivity contribution >= 4 is 12.1 Å². The minimum Gasteiger partial charge on any atom is -0.314 e. The number of benzene rings is 2. The normalized spacial score (nSPS) is 21.5. The van der Waals surface area contributed by atoms with Crippen molar-refractivity contribution in [3.63, 3.8) is 0 Å². The Labute approximate surface area is 127 Å². The highest BCUT2D eigenvalue weighted by Gasteiger charge is 2.38. The van der Waals surface area contributed by atoms with Gasteiger partial charge in [0.25, 0.3) is 0 Å². The molecule has 2 saturated heterocycles. The highest BCUT2D eigenvalue weighted by Crippen LogP contribution is 2.17. The molecule has 0 saturated carbocycles. The molecular formula is C16H16N4O2. The largest absolute Gasteiger partial charge is 0.318 e. The van der Waals surface area contributed by atoms with E-state index in [1.165, 1.54) is 11.1 Å². The third kappa shape index (κ3) is 3.17. The Kier molecular flexibility index (Phi) is 3.91. The second-order valence-electron chi connectivity index (χ2n) is 4.92. The van der Waals surface area contributed by atoms with Crippen LogP contribution in [0.25, 0.3) is 11.1 Å². The smallest absolute Gasteiger partial charge is 0.314 e. The monoisotopic (exact) mass is 296 g/mol. The molecule has 2 heterocycles. The van der Waals surface area contributed by atoms with Crippen molar-refractivity contribution in [2.45, 2.75) is 12.3 Å². The Morgan fingerprint density at radius 1 is 0.545 bits per heavy atom. The number of nitrogens with one attached hydrogen (secondary N) is 4. The summed E-state index contributed by atoms with van der Waals surface area (Å²) in [7, 11) is 0. The number of urea groups is 2. The van der Waals surface area contributed by atoms with Crippen molar-refractivity contribution in [2.24, 2.45) is 0 Å². The molecule has 0 aliphatic carbocycles. The number of hydrogen-bond donors (Lipinski definition) is 4. The Balaban J connectivity index is 0.000000133. The summed E-state index contributed by atoms with van der Waals surface area (Å²) in [6.07, 6.45) is -0.583. The van der Waals surface area contributed by atoms with Crippen LogP contribution in [0.1, 0.15) is 0 Å². The molecule has 0 spiro atoms. The average Bonchev–Trinajstić information content (AvgIpc) is 3.05. The summed E-state index contributed by atoms with van der Waals surface area (Å²) < 4.78 is 0. The summed E-state index contributed by atoms with van der Waals surface area (Å²) in [5.41, 5.74) is 2.55. The lowest BCUT2D eigenvalue weighted by Gasteiger charge is -2.02. The number of carbonyl (C=O) groups is 2. The summed E-state index contributed by atoms with van der Waals surface area (Å²) in [4.78, 5) is 21.1. The summed E-state index contributed by atoms with van der Waals surface area (Å²) >= 11 is 0. The van der Waals surface area contributed by atoms with Crippen LogP contribution in [0.2, 0.25) is 0 Å². The van der Waals surface area contributed by atoms with Gasteiger partial charge in [-0.15, -0.1) is 0 Å². The minimum absolute atomic E-state index is 0.262. The molecule has 0 radical (unpaired) electrons. The number of amides is 4. The lowest BCUT2D eigenvalue weighted by Crippen LogP contribution is -2.39. The number of hydrogen-bond acceptors (Lipinski definition) is 2. The predicted molar refractivity (Wildman–Crippen MR) is 82.8 cm³/mol. The van der Waals surface area contributed by atoms with E-state index in [1.807, 2.05) is 12.1 Å². The molecule has 0 bridgehead atoms. The molecule has 4 amide bonds. The topological polar surface area (TPSA) is 82.3 Å². The van der Waals surface area contributed by atoms with Crippen LogP contribution in [-0.2, 0) is 0 Å². The average molecular weight is 296 g/mol. The van der Waals surface area contributed by atoms with Crippen molar-refractivity contribution in [1.29, 1.82) is 0 Å². The summed E-state index contributed by atoms with van der Waals surface area (Å²) in [5, 5.41) is 10.0. The van der Waals surface area contributed by atoms with Crippen LogP contribution in [0.5, 0.6) is 0 Å². The fourth-order valence-corrected chi connectivity index (χ4v) is 2.31. The van der Waals surface area contributed by atoms with E-state index in [1.54, 1.807) is 0 Å². The number of rotatable bonds is 1. The van der Waals surface area contributed by atoms with Gasteiger partial charge in [0, 0.05) is 0 Å². The van der Waals surface area contributed by atoms with Crippen LogP contribution in [0.15, 0.2) is 60.7 Å². The highest BCUT2D eigenvalue weighted by atomic mass is 16.2. The van der Waals surface area contributed by atoms with Gasteiger partial charge in [-0.1, -0.05) is 60.7 Å². The molecule has 2 aromatic rings. The second kappa shape index (κ2) is 6.17. The van der Waals surface area contributed by atoms with Crippen molar-refractivity contribution in [3.05, 3.63) is 60.7 Å². The Bertz CT molecular complexity index is 585. The van der Waals surface area contributed by atoms with Gasteiger partial charge < -0.3 is 21.3 Å². The van der Waals surface area contributed by atoms with Gasteiger partial charge in [0.2, 0.25) is 0 Å². The number of carbonyl (C=O) groups excluding carboxylic acids is 2. The van der Waals surface area contributed by atoms with Gasteiger partial charge in [0.05, 0.1) is 0 Å². The molecule has 2 aromatic carbocycles. The van der Waals surface area contributed by atoms with E-state index in [2.05, 4.69) is 69.8 Å². The first-order valence-corrected chi connectivity index (χ1v) is 6.97. The maximum Gasteiger partial charge on any atom is 0.318 e. The van der Waals surface area contributed by atoms with Crippen LogP contribution in [0, 0.1) is 0 Å². The zero-order chi connectivity index (χ0) is 15.4. The fraction of sp³-hybridized carbons (Fsp3) is 0.125. The van der Waals surface area contributed by atoms with Gasteiger partial charge in [-0.3, -0.25) is 0 Å². The maximum absolute atomic E-state index is 10.5. The molecule has 2 aliphatic heterocycles. The maximum atomic E-state index is 10.5. The summed E-state index contributed by atoms with van der Waals surface area (Å²) in [5.74, 6) is 0. The van der Waals surface area contributed by atoms with Crippen LogP contribution < -0.4 is 21.3 Å². The molecule has 4 N–H and O–H groups in total. The van der Waals surface area contributed by atoms with Crippen molar-refractivity contribution in [3.8, 4) is 11.1 Å². The standard InChI is InChI=1S/C12H10.C4H6N4O2/c1-3-7-11(8-4-1)12-9-5-2-6-10-12;9-3-5-1-2(7-3)8-4(10)6-1/h1-10H;1-2H,(H2,5,7,9)(H2,6,8,10). The predicted octanol–water partition coefficient (Wildman–Crippen LogP) is 1.62. The first-order chi connectivity index (χ1) is 10.7. The second-order valence-corrected chi connectivity index (χ2v) is 4.92. The quantitative estimate of drug-likeness (QED) is 0.645. The molecule has 2 aliphatic rings. The summed E-state index contributed by atoms with van der Waals surface area (Å²) in [6, 6.07) is 20.3. The van der Waals surface area contributed by atoms with Crippen LogP contribution in [-0.4, -0.2) is 24.4 Å². The zero-order valence-electron chi connectivity index (χ0n) is 11.7. The Morgan fingerprint density at radius 2 is 0.864 bits per heavy atom. The fourth-order valence-electron chi connectivity index (χ4n) is 2.31. The van der Waals surface area contributed by atoms with E-state index < -0.39 is 0 Å². The first kappa shape index (κ1) is 13.9. The molecule has 0 aromatic heterocycles. The Hall–Kier alpha value is -3.02. The van der Waals surface area contributed by atoms with Crippen molar-refractivity contribution in [1.82, 2.24) is 21.3 Å². The van der Waals surface area contributed by atoms with E-state index >= 15 is 0 Å². The van der Waals surface area contributed by atoms with Crippen molar-refractivity contribution in [2.75, 3.05) is 0 Å². The number of fused-ring (bicyclic) bond motifs is 1. The van der Waals surface area contributed by atoms with Gasteiger partial charge in [0.15, 0.2) is 0 Å². The van der Waals surface area contributed by atoms with E-state index in [0.29, 0.717) is 0 Å². The van der Waals surface area contributed by atoms with Gasteiger partial charge >= 0.3 is 12.1 Å². The zero-order valence-corrected chi connectivity index (χ0v) is 11.7. The molecule has 0 atom stereocenters. The summed E-state index contributed by atoms with van der Waals surface area (Å²) in [6.45, 7) is 0. The lowest BCUT2D eigenvalue weighted by atomic mass is 10.1. The van der Waals surface area contributed by atoms with Crippen molar-refractivity contribution < 1.29 is 9.59 Å².